The molecule has 0 aromatic heterocycles. The lowest BCUT2D eigenvalue weighted by molar-refractivity contribution is -0.147. The lowest BCUT2D eigenvalue weighted by atomic mass is 9.61. The highest BCUT2D eigenvalue weighted by Crippen LogP contribution is 2.49. The van der Waals surface area contributed by atoms with Crippen molar-refractivity contribution in [3.63, 3.8) is 0 Å². The van der Waals surface area contributed by atoms with Crippen molar-refractivity contribution in [3.05, 3.63) is 146 Å². The van der Waals surface area contributed by atoms with Crippen LogP contribution in [0.25, 0.3) is 0 Å². The molecule has 0 heterocycles. The van der Waals surface area contributed by atoms with Crippen LogP contribution in [0.3, 0.4) is 0 Å². The van der Waals surface area contributed by atoms with Crippen LogP contribution >= 0.6 is 126 Å². The van der Waals surface area contributed by atoms with Crippen molar-refractivity contribution in [2.45, 2.75) is 352 Å². The Labute approximate surface area is 950 Å². The molecular weight excluding hydrogens is 2070 g/mol. The van der Waals surface area contributed by atoms with Gasteiger partial charge in [-0.1, -0.05) is 160 Å². The molecule has 7 atom stereocenters. The van der Waals surface area contributed by atoms with Gasteiger partial charge in [0, 0.05) is 88.2 Å². The van der Waals surface area contributed by atoms with Crippen molar-refractivity contribution in [2.24, 2.45) is 40.4 Å². The van der Waals surface area contributed by atoms with Crippen molar-refractivity contribution >= 4 is 186 Å². The Bertz CT molecular complexity index is 3840. The first-order valence-electron chi connectivity index (χ1n) is 51.3. The smallest absolute Gasteiger partial charge is 0.333 e. The second-order valence-corrected chi connectivity index (χ2v) is 46.8. The van der Waals surface area contributed by atoms with Gasteiger partial charge >= 0.3 is 59.7 Å². The van der Waals surface area contributed by atoms with Gasteiger partial charge in [-0.25, -0.2) is 47.9 Å². The molecule has 0 aliphatic heterocycles. The summed E-state index contributed by atoms with van der Waals surface area (Å²) in [5, 5.41) is 0.968. The normalized spacial score (nSPS) is 17.4. The average Bonchev–Trinajstić information content (AvgIpc) is 0.801. The van der Waals surface area contributed by atoms with Gasteiger partial charge in [0.15, 0.2) is 0 Å². The monoisotopic (exact) mass is 2270 g/mol. The van der Waals surface area contributed by atoms with E-state index >= 15 is 0 Å². The van der Waals surface area contributed by atoms with Crippen molar-refractivity contribution < 1.29 is 114 Å². The molecule has 0 saturated heterocycles. The third-order valence-corrected chi connectivity index (χ3v) is 26.0. The van der Waals surface area contributed by atoms with E-state index in [9.17, 15) is 47.9 Å². The van der Waals surface area contributed by atoms with E-state index in [1.54, 1.807) is 75.3 Å². The molecule has 3 rings (SSSR count). The van der Waals surface area contributed by atoms with E-state index in [4.69, 9.17) is 66.3 Å². The van der Waals surface area contributed by atoms with Crippen LogP contribution in [0.5, 0.6) is 0 Å². The number of hydrogen-bond acceptors (Lipinski definition) is 34. The Morgan fingerprint density at radius 1 is 0.378 bits per heavy atom. The Morgan fingerprint density at radius 3 is 1.14 bits per heavy atom. The number of esters is 10. The lowest BCUT2D eigenvalue weighted by Crippen LogP contribution is -2.38. The summed E-state index contributed by atoms with van der Waals surface area (Å²) < 4.78 is 72.1. The van der Waals surface area contributed by atoms with Crippen LogP contribution in [-0.4, -0.2) is 231 Å². The standard InChI is InChI=1S/C19H32O2S.C14H26O4S.C11H20O4S.C11H18O2S.4C10H18O2S.C10H14O2S.C9H16O2S/c1-13(2)18(20)21-16-9-5-14(6-10-16)19(3,4)15-7-11-17(22)12-8-15;1-10(2)14(15)18-8-13(5)17-7-12(4)16-6-11(3)9-19;1-10(2)11(12)15-8-7-14-6-5-13-4-3-9-16;1-8(2)10(12)13-9-4-6-11(3,14)7-5-9;1-8(2)9(11)12-7-5-6-10(3,4)13;1-7(2)10(11)12-8(3)5-6-9(4)13;2*1-8(2)10(11)12-6-4-9(3)5-7-13;1-9(2)10(11)12-7-5-3-4-6-8-13;1-7(2)8(10)11-5-9(3,4)6-12/h14-17,22H,1,5-12H2,2-4H3;11-13,19H,1,6-9H2,2-5H3;16H,1,3-9H2,2H3;9,14H,1,4-7H2,2-3H3;13H,1,5-7H2,2-4H3;8-9,13H,1,5-6H2,2-4H3;2*9,13H,1,4-7H2,2-3H3;3-6,13H,1,7-8H2,2H3;12H,1,5-6H2,2-4H3/b;;;;;;;;5-3+,6-4+;. The molecular formula is C114H198O24S10. The van der Waals surface area contributed by atoms with E-state index in [0.29, 0.717) is 167 Å². The van der Waals surface area contributed by atoms with Gasteiger partial charge in [-0.15, -0.1) is 0 Å². The largest absolute Gasteiger partial charge is 0.462 e. The first kappa shape index (κ1) is 156. The van der Waals surface area contributed by atoms with Crippen LogP contribution in [0.2, 0.25) is 0 Å². The van der Waals surface area contributed by atoms with Crippen molar-refractivity contribution in [1.82, 2.24) is 0 Å². The van der Waals surface area contributed by atoms with Crippen LogP contribution < -0.4 is 0 Å². The number of thiol groups is 10. The zero-order valence-corrected chi connectivity index (χ0v) is 104. The SMILES string of the molecule is C=C(C)C(=O)OC(C)CCC(C)S.C=C(C)C(=O)OC/C=C/C=C/CS.C=C(C)C(=O)OC1CCC(C(C)(C)C2CCC(S)CC2)CC1.C=C(C)C(=O)OC1CCC(C)(S)CC1.C=C(C)C(=O)OCC(C)(C)CS.C=C(C)C(=O)OCC(C)OCC(C)OCC(C)CS.C=C(C)C(=O)OCCC(C)CCS.C=C(C)C(=O)OCCC(C)CCS.C=C(C)C(=O)OCCCC(C)(C)S.C=C(C)C(=O)OCCOCCOCCCS. The van der Waals surface area contributed by atoms with Crippen LogP contribution in [-0.2, 0) is 114 Å². The molecule has 24 nitrogen and oxygen atoms in total. The fourth-order valence-corrected chi connectivity index (χ4v) is 14.2. The highest BCUT2D eigenvalue weighted by Gasteiger charge is 2.41. The fourth-order valence-electron chi connectivity index (χ4n) is 12.1. The van der Waals surface area contributed by atoms with E-state index in [-0.39, 0.29) is 125 Å². The minimum Gasteiger partial charge on any atom is -0.462 e. The Morgan fingerprint density at radius 2 is 0.743 bits per heavy atom. The molecule has 7 unspecified atom stereocenters. The molecule has 0 N–H and O–H groups in total. The zero-order chi connectivity index (χ0) is 115. The van der Waals surface area contributed by atoms with Gasteiger partial charge in [0.25, 0.3) is 0 Å². The molecule has 3 aliphatic carbocycles. The van der Waals surface area contributed by atoms with Crippen molar-refractivity contribution in [2.75, 3.05) is 120 Å². The molecule has 858 valence electrons. The minimum atomic E-state index is -0.387. The molecule has 3 fully saturated rings. The van der Waals surface area contributed by atoms with Gasteiger partial charge in [-0.3, -0.25) is 0 Å². The van der Waals surface area contributed by atoms with Gasteiger partial charge in [-0.2, -0.15) is 126 Å². The Kier molecular flexibility index (Phi) is 99.2. The number of allylic oxidation sites excluding steroid dienone is 2. The van der Waals surface area contributed by atoms with Gasteiger partial charge < -0.3 is 66.3 Å². The quantitative estimate of drug-likeness (QED) is 0.00676. The summed E-state index contributed by atoms with van der Waals surface area (Å²) in [4.78, 5) is 111. The maximum atomic E-state index is 11.6. The zero-order valence-electron chi connectivity index (χ0n) is 94.9. The highest BCUT2D eigenvalue weighted by atomic mass is 32.1. The molecule has 0 radical (unpaired) electrons. The third kappa shape index (κ3) is 99.0. The molecule has 0 spiro atoms. The van der Waals surface area contributed by atoms with Crippen molar-refractivity contribution in [3.8, 4) is 0 Å². The lowest BCUT2D eigenvalue weighted by Gasteiger charge is -2.46. The van der Waals surface area contributed by atoms with Crippen LogP contribution in [0.1, 0.15) is 301 Å². The van der Waals surface area contributed by atoms with Gasteiger partial charge in [0.05, 0.1) is 77.8 Å². The summed E-state index contributed by atoms with van der Waals surface area (Å²) >= 11 is 42.4. The summed E-state index contributed by atoms with van der Waals surface area (Å²) in [6.07, 6.45) is 29.1. The Hall–Kier alpha value is -5.08. The second-order valence-electron chi connectivity index (χ2n) is 40.5. The number of rotatable bonds is 57. The average molecular weight is 2270 g/mol. The maximum absolute atomic E-state index is 11.6. The van der Waals surface area contributed by atoms with Gasteiger partial charge in [0.1, 0.15) is 32.0 Å². The summed E-state index contributed by atoms with van der Waals surface area (Å²) in [7, 11) is 0. The van der Waals surface area contributed by atoms with E-state index < -0.39 is 0 Å². The fraction of sp³-hybridized carbons (Fsp3) is 0.702. The van der Waals surface area contributed by atoms with E-state index in [1.807, 2.05) is 73.6 Å². The van der Waals surface area contributed by atoms with Crippen molar-refractivity contribution in [1.29, 1.82) is 0 Å². The maximum Gasteiger partial charge on any atom is 0.333 e. The molecule has 148 heavy (non-hydrogen) atoms. The molecule has 3 aliphatic rings. The summed E-state index contributed by atoms with van der Waals surface area (Å²) in [5.74, 6) is 4.80. The second kappa shape index (κ2) is 94.3. The molecule has 3 saturated carbocycles. The predicted molar refractivity (Wildman–Crippen MR) is 645 cm³/mol. The van der Waals surface area contributed by atoms with E-state index in [1.165, 1.54) is 38.5 Å². The summed E-state index contributed by atoms with van der Waals surface area (Å²) in [6, 6.07) is 0. The molecule has 0 aromatic rings. The van der Waals surface area contributed by atoms with Gasteiger partial charge in [-0.05, 0) is 300 Å². The Balaban J connectivity index is -0.000000300. The third-order valence-electron chi connectivity index (χ3n) is 22.1. The van der Waals surface area contributed by atoms with Crippen LogP contribution in [0.15, 0.2) is 146 Å². The molecule has 0 aromatic carbocycles. The van der Waals surface area contributed by atoms with E-state index in [0.717, 1.165) is 131 Å². The number of hydrogen-bond donors (Lipinski definition) is 10. The van der Waals surface area contributed by atoms with E-state index in [2.05, 4.69) is 234 Å². The predicted octanol–water partition coefficient (Wildman–Crippen LogP) is 26.2. The first-order valence-corrected chi connectivity index (χ1v) is 57.0. The molecule has 34 heteroatoms. The highest BCUT2D eigenvalue weighted by molar-refractivity contribution is 7.82. The number of carbonyl (C=O) groups is 10. The first-order chi connectivity index (χ1) is 68.7. The van der Waals surface area contributed by atoms with Crippen LogP contribution in [0, 0.1) is 40.4 Å². The minimum absolute atomic E-state index is 0.00955. The summed E-state index contributed by atoms with van der Waals surface area (Å²) in [5.41, 5.74) is 4.78. The van der Waals surface area contributed by atoms with Gasteiger partial charge in [0.2, 0.25) is 0 Å². The number of carbonyl (C=O) groups excluding carboxylic acids is 10. The topological polar surface area (TPSA) is 300 Å². The summed E-state index contributed by atoms with van der Waals surface area (Å²) in [6.45, 7) is 86.7. The van der Waals surface area contributed by atoms with Crippen LogP contribution in [0.4, 0.5) is 0 Å². The number of ether oxygens (including phenoxy) is 14. The molecule has 0 bridgehead atoms. The molecule has 0 amide bonds.